The Morgan fingerprint density at radius 3 is 2.38 bits per heavy atom. The maximum absolute atomic E-state index is 5.75. The van der Waals surface area contributed by atoms with Crippen molar-refractivity contribution in [1.29, 1.82) is 0 Å². The van der Waals surface area contributed by atoms with Crippen molar-refractivity contribution in [3.63, 3.8) is 0 Å². The molecule has 1 atom stereocenters. The first-order valence-corrected chi connectivity index (χ1v) is 6.43. The second-order valence-electron chi connectivity index (χ2n) is 5.21. The number of nitrogens with zero attached hydrogens (tertiary/aromatic N) is 3. The van der Waals surface area contributed by atoms with Gasteiger partial charge < -0.3 is 15.5 Å². The summed E-state index contributed by atoms with van der Waals surface area (Å²) < 4.78 is 0. The Balaban J connectivity index is 2.05. The minimum Gasteiger partial charge on any atom is -0.328 e. The fourth-order valence-corrected chi connectivity index (χ4v) is 1.92. The highest BCUT2D eigenvalue weighted by atomic mass is 15.3. The van der Waals surface area contributed by atoms with Gasteiger partial charge in [-0.1, -0.05) is 0 Å². The summed E-state index contributed by atoms with van der Waals surface area (Å²) in [6, 6.07) is 0.325. The van der Waals surface area contributed by atoms with Gasteiger partial charge in [-0.15, -0.1) is 0 Å². The highest BCUT2D eigenvalue weighted by Crippen LogP contribution is 1.99. The van der Waals surface area contributed by atoms with E-state index in [0.29, 0.717) is 6.04 Å². The standard InChI is InChI=1S/C12H28N4/c1-12(13)4-5-14(2)6-9-16-10-7-15(3)8-11-16/h12H,4-11,13H2,1-3H3. The topological polar surface area (TPSA) is 35.7 Å². The van der Waals surface area contributed by atoms with E-state index < -0.39 is 0 Å². The molecule has 1 unspecified atom stereocenters. The minimum absolute atomic E-state index is 0.325. The van der Waals surface area contributed by atoms with Gasteiger partial charge in [0, 0.05) is 45.3 Å². The van der Waals surface area contributed by atoms with E-state index >= 15 is 0 Å². The maximum Gasteiger partial charge on any atom is 0.0110 e. The zero-order chi connectivity index (χ0) is 12.0. The summed E-state index contributed by atoms with van der Waals surface area (Å²) in [4.78, 5) is 7.35. The third kappa shape index (κ3) is 5.80. The average molecular weight is 228 g/mol. The van der Waals surface area contributed by atoms with Gasteiger partial charge in [-0.05, 0) is 34.0 Å². The zero-order valence-corrected chi connectivity index (χ0v) is 11.2. The summed E-state index contributed by atoms with van der Waals surface area (Å²) >= 11 is 0. The lowest BCUT2D eigenvalue weighted by Gasteiger charge is -2.33. The fraction of sp³-hybridized carbons (Fsp3) is 1.00. The van der Waals surface area contributed by atoms with E-state index in [1.807, 2.05) is 0 Å². The summed E-state index contributed by atoms with van der Waals surface area (Å²) in [5.41, 5.74) is 5.75. The van der Waals surface area contributed by atoms with Gasteiger partial charge in [0.25, 0.3) is 0 Å². The van der Waals surface area contributed by atoms with Crippen LogP contribution in [0.25, 0.3) is 0 Å². The van der Waals surface area contributed by atoms with Gasteiger partial charge in [-0.3, -0.25) is 4.90 Å². The Morgan fingerprint density at radius 1 is 1.19 bits per heavy atom. The number of hydrogen-bond acceptors (Lipinski definition) is 4. The molecule has 1 saturated heterocycles. The van der Waals surface area contributed by atoms with E-state index in [9.17, 15) is 0 Å². The van der Waals surface area contributed by atoms with E-state index in [4.69, 9.17) is 5.73 Å². The van der Waals surface area contributed by atoms with E-state index in [-0.39, 0.29) is 0 Å². The Bertz CT molecular complexity index is 176. The molecule has 1 heterocycles. The van der Waals surface area contributed by atoms with Gasteiger partial charge in [0.2, 0.25) is 0 Å². The summed E-state index contributed by atoms with van der Waals surface area (Å²) in [6.45, 7) is 10.4. The SMILES string of the molecule is CC(N)CCN(C)CCN1CCN(C)CC1. The van der Waals surface area contributed by atoms with E-state index in [1.165, 1.54) is 32.7 Å². The van der Waals surface area contributed by atoms with Gasteiger partial charge in [0.15, 0.2) is 0 Å². The van der Waals surface area contributed by atoms with Crippen molar-refractivity contribution < 1.29 is 0 Å². The van der Waals surface area contributed by atoms with Crippen molar-refractivity contribution in [1.82, 2.24) is 14.7 Å². The van der Waals surface area contributed by atoms with Gasteiger partial charge in [-0.2, -0.15) is 0 Å². The third-order valence-corrected chi connectivity index (χ3v) is 3.36. The largest absolute Gasteiger partial charge is 0.328 e. The molecule has 0 amide bonds. The maximum atomic E-state index is 5.75. The smallest absolute Gasteiger partial charge is 0.0110 e. The Morgan fingerprint density at radius 2 is 1.81 bits per heavy atom. The van der Waals surface area contributed by atoms with Crippen LogP contribution in [-0.4, -0.2) is 80.7 Å². The molecule has 0 aromatic heterocycles. The van der Waals surface area contributed by atoms with Crippen LogP contribution in [0.2, 0.25) is 0 Å². The normalized spacial score (nSPS) is 21.6. The lowest BCUT2D eigenvalue weighted by molar-refractivity contribution is 0.140. The summed E-state index contributed by atoms with van der Waals surface area (Å²) in [6.07, 6.45) is 1.10. The first-order chi connectivity index (χ1) is 7.58. The van der Waals surface area contributed by atoms with Crippen LogP contribution in [0, 0.1) is 0 Å². The Kier molecular flexibility index (Phi) is 6.28. The van der Waals surface area contributed by atoms with Crippen molar-refractivity contribution in [2.24, 2.45) is 5.73 Å². The van der Waals surface area contributed by atoms with Crippen molar-refractivity contribution in [2.45, 2.75) is 19.4 Å². The van der Waals surface area contributed by atoms with Crippen molar-refractivity contribution in [3.8, 4) is 0 Å². The molecule has 0 aliphatic carbocycles. The van der Waals surface area contributed by atoms with Gasteiger partial charge in [0.1, 0.15) is 0 Å². The first-order valence-electron chi connectivity index (χ1n) is 6.43. The molecular formula is C12H28N4. The monoisotopic (exact) mass is 228 g/mol. The van der Waals surface area contributed by atoms with Crippen LogP contribution >= 0.6 is 0 Å². The van der Waals surface area contributed by atoms with Crippen molar-refractivity contribution in [2.75, 3.05) is 59.9 Å². The van der Waals surface area contributed by atoms with Gasteiger partial charge in [0.05, 0.1) is 0 Å². The fourth-order valence-electron chi connectivity index (χ4n) is 1.92. The van der Waals surface area contributed by atoms with Gasteiger partial charge >= 0.3 is 0 Å². The Labute approximate surface area is 100 Å². The molecule has 1 aliphatic rings. The second-order valence-corrected chi connectivity index (χ2v) is 5.21. The number of hydrogen-bond donors (Lipinski definition) is 1. The number of likely N-dealkylation sites (N-methyl/N-ethyl adjacent to an activating group) is 2. The molecule has 1 fully saturated rings. The first kappa shape index (κ1) is 13.9. The molecule has 0 radical (unpaired) electrons. The van der Waals surface area contributed by atoms with Crippen molar-refractivity contribution >= 4 is 0 Å². The van der Waals surface area contributed by atoms with E-state index in [2.05, 4.69) is 35.7 Å². The molecule has 0 spiro atoms. The van der Waals surface area contributed by atoms with E-state index in [0.717, 1.165) is 19.5 Å². The molecule has 4 heteroatoms. The highest BCUT2D eigenvalue weighted by molar-refractivity contribution is 4.70. The van der Waals surface area contributed by atoms with E-state index in [1.54, 1.807) is 0 Å². The zero-order valence-electron chi connectivity index (χ0n) is 11.2. The van der Waals surface area contributed by atoms with Crippen LogP contribution in [0.5, 0.6) is 0 Å². The number of rotatable bonds is 6. The molecule has 0 bridgehead atoms. The molecule has 2 N–H and O–H groups in total. The summed E-state index contributed by atoms with van der Waals surface area (Å²) in [5, 5.41) is 0. The molecule has 1 aliphatic heterocycles. The van der Waals surface area contributed by atoms with Crippen LogP contribution in [0.3, 0.4) is 0 Å². The molecule has 0 aromatic carbocycles. The molecule has 0 saturated carbocycles. The Hall–Kier alpha value is -0.160. The average Bonchev–Trinajstić information content (AvgIpc) is 2.25. The molecule has 96 valence electrons. The van der Waals surface area contributed by atoms with Crippen molar-refractivity contribution in [3.05, 3.63) is 0 Å². The van der Waals surface area contributed by atoms with Gasteiger partial charge in [-0.25, -0.2) is 0 Å². The van der Waals surface area contributed by atoms with Crippen LogP contribution < -0.4 is 5.73 Å². The number of nitrogens with two attached hydrogens (primary N) is 1. The summed E-state index contributed by atoms with van der Waals surface area (Å²) in [5.74, 6) is 0. The quantitative estimate of drug-likeness (QED) is 0.689. The summed E-state index contributed by atoms with van der Waals surface area (Å²) in [7, 11) is 4.39. The molecule has 16 heavy (non-hydrogen) atoms. The van der Waals surface area contributed by atoms with Crippen LogP contribution in [0.15, 0.2) is 0 Å². The second kappa shape index (κ2) is 7.22. The van der Waals surface area contributed by atoms with Crippen LogP contribution in [0.4, 0.5) is 0 Å². The highest BCUT2D eigenvalue weighted by Gasteiger charge is 2.13. The lowest BCUT2D eigenvalue weighted by Crippen LogP contribution is -2.46. The molecule has 4 nitrogen and oxygen atoms in total. The number of piperazine rings is 1. The predicted molar refractivity (Wildman–Crippen MR) is 69.7 cm³/mol. The molecular weight excluding hydrogens is 200 g/mol. The minimum atomic E-state index is 0.325. The predicted octanol–water partition coefficient (Wildman–Crippen LogP) is -0.0971. The van der Waals surface area contributed by atoms with Crippen LogP contribution in [0.1, 0.15) is 13.3 Å². The third-order valence-electron chi connectivity index (χ3n) is 3.36. The van der Waals surface area contributed by atoms with Crippen LogP contribution in [-0.2, 0) is 0 Å². The lowest BCUT2D eigenvalue weighted by atomic mass is 10.2. The molecule has 0 aromatic rings. The molecule has 1 rings (SSSR count).